The van der Waals surface area contributed by atoms with Crippen molar-refractivity contribution >= 4 is 22.5 Å². The van der Waals surface area contributed by atoms with Crippen LogP contribution in [0.15, 0.2) is 60.8 Å². The predicted molar refractivity (Wildman–Crippen MR) is 91.7 cm³/mol. The molecule has 1 aromatic heterocycles. The summed E-state index contributed by atoms with van der Waals surface area (Å²) in [5.41, 5.74) is 2.65. The molecule has 0 aliphatic heterocycles. The Morgan fingerprint density at radius 1 is 1.13 bits per heavy atom. The molecule has 0 bridgehead atoms. The first-order chi connectivity index (χ1) is 11.3. The van der Waals surface area contributed by atoms with Gasteiger partial charge in [0, 0.05) is 11.6 Å². The average molecular weight is 306 g/mol. The maximum atomic E-state index is 12.1. The quantitative estimate of drug-likeness (QED) is 0.779. The minimum atomic E-state index is -0.204. The zero-order valence-corrected chi connectivity index (χ0v) is 13.0. The Labute approximate surface area is 135 Å². The summed E-state index contributed by atoms with van der Waals surface area (Å²) < 4.78 is 5.56. The number of nitrogens with one attached hydrogen (secondary N) is 1. The molecule has 23 heavy (non-hydrogen) atoms. The van der Waals surface area contributed by atoms with Crippen LogP contribution in [0.4, 0.5) is 5.69 Å². The van der Waals surface area contributed by atoms with Crippen molar-refractivity contribution in [2.75, 3.05) is 11.9 Å². The highest BCUT2D eigenvalue weighted by Crippen LogP contribution is 2.20. The van der Waals surface area contributed by atoms with Gasteiger partial charge in [-0.05, 0) is 36.2 Å². The second-order valence-electron chi connectivity index (χ2n) is 5.22. The second-order valence-corrected chi connectivity index (χ2v) is 5.22. The topological polar surface area (TPSA) is 51.2 Å². The highest BCUT2D eigenvalue weighted by atomic mass is 16.5. The fraction of sp³-hybridized carbons (Fsp3) is 0.158. The molecule has 0 atom stereocenters. The van der Waals surface area contributed by atoms with E-state index in [0.29, 0.717) is 11.4 Å². The van der Waals surface area contributed by atoms with Crippen LogP contribution in [-0.2, 0) is 11.2 Å². The SMILES string of the molecule is CCc1cccc(OCC(=O)Nc2cccc3cccnc23)c1. The van der Waals surface area contributed by atoms with Crippen LogP contribution < -0.4 is 10.1 Å². The van der Waals surface area contributed by atoms with E-state index in [1.165, 1.54) is 5.56 Å². The van der Waals surface area contributed by atoms with Crippen molar-refractivity contribution in [3.63, 3.8) is 0 Å². The molecule has 3 rings (SSSR count). The lowest BCUT2D eigenvalue weighted by Crippen LogP contribution is -2.20. The summed E-state index contributed by atoms with van der Waals surface area (Å²) in [7, 11) is 0. The number of aromatic nitrogens is 1. The number of aryl methyl sites for hydroxylation is 1. The van der Waals surface area contributed by atoms with Crippen LogP contribution in [0, 0.1) is 0 Å². The van der Waals surface area contributed by atoms with Crippen molar-refractivity contribution < 1.29 is 9.53 Å². The molecule has 0 saturated carbocycles. The first-order valence-corrected chi connectivity index (χ1v) is 7.61. The summed E-state index contributed by atoms with van der Waals surface area (Å²) in [6.07, 6.45) is 2.65. The molecule has 1 N–H and O–H groups in total. The number of pyridine rings is 1. The van der Waals surface area contributed by atoms with Crippen molar-refractivity contribution in [1.82, 2.24) is 4.98 Å². The molecule has 0 fully saturated rings. The Balaban J connectivity index is 1.67. The van der Waals surface area contributed by atoms with E-state index < -0.39 is 0 Å². The van der Waals surface area contributed by atoms with E-state index in [9.17, 15) is 4.79 Å². The Morgan fingerprint density at radius 3 is 2.83 bits per heavy atom. The molecule has 0 radical (unpaired) electrons. The Kier molecular flexibility index (Phi) is 4.52. The van der Waals surface area contributed by atoms with Gasteiger partial charge in [-0.25, -0.2) is 0 Å². The zero-order chi connectivity index (χ0) is 16.1. The van der Waals surface area contributed by atoms with Crippen LogP contribution in [0.5, 0.6) is 5.75 Å². The number of fused-ring (bicyclic) bond motifs is 1. The van der Waals surface area contributed by atoms with Gasteiger partial charge in [0.2, 0.25) is 0 Å². The minimum absolute atomic E-state index is 0.0314. The Bertz CT molecular complexity index is 825. The number of hydrogen-bond acceptors (Lipinski definition) is 3. The van der Waals surface area contributed by atoms with Gasteiger partial charge in [-0.1, -0.05) is 37.3 Å². The van der Waals surface area contributed by atoms with E-state index in [2.05, 4.69) is 17.2 Å². The molecule has 2 aromatic carbocycles. The molecular formula is C19H18N2O2. The largest absolute Gasteiger partial charge is 0.484 e. The van der Waals surface area contributed by atoms with Crippen LogP contribution in [-0.4, -0.2) is 17.5 Å². The maximum Gasteiger partial charge on any atom is 0.262 e. The Morgan fingerprint density at radius 2 is 1.96 bits per heavy atom. The summed E-state index contributed by atoms with van der Waals surface area (Å²) in [6.45, 7) is 2.05. The van der Waals surface area contributed by atoms with Crippen LogP contribution in [0.3, 0.4) is 0 Å². The number of rotatable bonds is 5. The molecule has 0 saturated heterocycles. The molecule has 116 valence electrons. The number of anilines is 1. The van der Waals surface area contributed by atoms with Gasteiger partial charge in [0.1, 0.15) is 5.75 Å². The van der Waals surface area contributed by atoms with Crippen molar-refractivity contribution in [2.24, 2.45) is 0 Å². The van der Waals surface area contributed by atoms with Crippen molar-refractivity contribution in [3.8, 4) is 5.75 Å². The number of para-hydroxylation sites is 1. The van der Waals surface area contributed by atoms with Gasteiger partial charge in [-0.15, -0.1) is 0 Å². The molecule has 1 heterocycles. The summed E-state index contributed by atoms with van der Waals surface area (Å²) in [5, 5.41) is 3.85. The van der Waals surface area contributed by atoms with E-state index in [1.807, 2.05) is 54.6 Å². The number of nitrogens with zero attached hydrogens (tertiary/aromatic N) is 1. The first kappa shape index (κ1) is 15.0. The van der Waals surface area contributed by atoms with Crippen molar-refractivity contribution in [1.29, 1.82) is 0 Å². The second kappa shape index (κ2) is 6.92. The molecule has 4 nitrogen and oxygen atoms in total. The van der Waals surface area contributed by atoms with E-state index >= 15 is 0 Å². The summed E-state index contributed by atoms with van der Waals surface area (Å²) in [5.74, 6) is 0.501. The molecule has 0 aliphatic rings. The third-order valence-corrected chi connectivity index (χ3v) is 3.58. The fourth-order valence-corrected chi connectivity index (χ4v) is 2.40. The lowest BCUT2D eigenvalue weighted by molar-refractivity contribution is -0.118. The zero-order valence-electron chi connectivity index (χ0n) is 13.0. The number of ether oxygens (including phenoxy) is 1. The van der Waals surface area contributed by atoms with E-state index in [4.69, 9.17) is 4.74 Å². The van der Waals surface area contributed by atoms with Gasteiger partial charge < -0.3 is 10.1 Å². The standard InChI is InChI=1S/C19H18N2O2/c1-2-14-6-3-9-16(12-14)23-13-18(22)21-17-10-4-7-15-8-5-11-20-19(15)17/h3-12H,2,13H2,1H3,(H,21,22). The molecule has 0 spiro atoms. The number of benzene rings is 2. The predicted octanol–water partition coefficient (Wildman–Crippen LogP) is 3.81. The summed E-state index contributed by atoms with van der Waals surface area (Å²) in [6, 6.07) is 17.3. The van der Waals surface area contributed by atoms with E-state index in [1.54, 1.807) is 6.20 Å². The molecule has 0 unspecified atom stereocenters. The average Bonchev–Trinajstić information content (AvgIpc) is 2.60. The highest BCUT2D eigenvalue weighted by molar-refractivity contribution is 6.00. The van der Waals surface area contributed by atoms with Gasteiger partial charge in [0.05, 0.1) is 11.2 Å². The Hall–Kier alpha value is -2.88. The fourth-order valence-electron chi connectivity index (χ4n) is 2.40. The number of amides is 1. The van der Waals surface area contributed by atoms with Crippen molar-refractivity contribution in [3.05, 3.63) is 66.4 Å². The van der Waals surface area contributed by atoms with E-state index in [0.717, 1.165) is 17.3 Å². The van der Waals surface area contributed by atoms with Gasteiger partial charge >= 0.3 is 0 Å². The molecule has 0 aliphatic carbocycles. The van der Waals surface area contributed by atoms with Crippen LogP contribution in [0.2, 0.25) is 0 Å². The number of hydrogen-bond donors (Lipinski definition) is 1. The highest BCUT2D eigenvalue weighted by Gasteiger charge is 2.07. The number of carbonyl (C=O) groups is 1. The third-order valence-electron chi connectivity index (χ3n) is 3.58. The maximum absolute atomic E-state index is 12.1. The third kappa shape index (κ3) is 3.66. The van der Waals surface area contributed by atoms with Gasteiger partial charge in [0.15, 0.2) is 6.61 Å². The smallest absolute Gasteiger partial charge is 0.262 e. The number of carbonyl (C=O) groups excluding carboxylic acids is 1. The van der Waals surface area contributed by atoms with Crippen LogP contribution in [0.1, 0.15) is 12.5 Å². The lowest BCUT2D eigenvalue weighted by Gasteiger charge is -2.10. The van der Waals surface area contributed by atoms with Crippen LogP contribution in [0.25, 0.3) is 10.9 Å². The summed E-state index contributed by atoms with van der Waals surface area (Å²) >= 11 is 0. The minimum Gasteiger partial charge on any atom is -0.484 e. The lowest BCUT2D eigenvalue weighted by atomic mass is 10.2. The van der Waals surface area contributed by atoms with Gasteiger partial charge in [-0.3, -0.25) is 9.78 Å². The molecule has 3 aromatic rings. The molecule has 4 heteroatoms. The van der Waals surface area contributed by atoms with Gasteiger partial charge in [0.25, 0.3) is 5.91 Å². The summed E-state index contributed by atoms with van der Waals surface area (Å²) in [4.78, 5) is 16.4. The molecular weight excluding hydrogens is 288 g/mol. The normalized spacial score (nSPS) is 10.5. The van der Waals surface area contributed by atoms with Crippen LogP contribution >= 0.6 is 0 Å². The van der Waals surface area contributed by atoms with Crippen molar-refractivity contribution in [2.45, 2.75) is 13.3 Å². The first-order valence-electron chi connectivity index (χ1n) is 7.61. The molecule has 1 amide bonds. The van der Waals surface area contributed by atoms with Gasteiger partial charge in [-0.2, -0.15) is 0 Å². The monoisotopic (exact) mass is 306 g/mol. The van der Waals surface area contributed by atoms with E-state index in [-0.39, 0.29) is 12.5 Å².